The predicted octanol–water partition coefficient (Wildman–Crippen LogP) is 4.95. The Morgan fingerprint density at radius 1 is 1.10 bits per heavy atom. The van der Waals surface area contributed by atoms with E-state index in [1.165, 1.54) is 12.8 Å². The van der Waals surface area contributed by atoms with Crippen LogP contribution >= 0.6 is 0 Å². The molecule has 1 aliphatic carbocycles. The van der Waals surface area contributed by atoms with Crippen molar-refractivity contribution in [3.8, 4) is 11.5 Å². The number of likely N-dealkylation sites (tertiary alicyclic amines) is 1. The molecule has 4 aromatic rings. The molecule has 4 N–H and O–H groups in total. The highest BCUT2D eigenvalue weighted by Crippen LogP contribution is 2.32. The summed E-state index contributed by atoms with van der Waals surface area (Å²) in [6, 6.07) is 20.5. The fourth-order valence-electron chi connectivity index (χ4n) is 5.02. The zero-order chi connectivity index (χ0) is 26.6. The van der Waals surface area contributed by atoms with Crippen LogP contribution in [0.1, 0.15) is 19.3 Å². The number of aromatic nitrogens is 3. The van der Waals surface area contributed by atoms with E-state index in [0.717, 1.165) is 66.2 Å². The Balaban J connectivity index is 1.09. The number of pyridine rings is 1. The number of fused-ring (bicyclic) bond motifs is 1. The standard InChI is InChI=1S/C30H35N7O2/c1-36(23-11-12-23)18-5-8-27(38)37-19-16-22(20-37)33-30-28-26(15-17-31-29(28)34-35-30)32-21-9-13-25(14-10-21)39-24-6-3-2-4-7-24/h2-10,13-15,17,22-23,27,38H,11-12,16,18-20H2,1H3,(H3,31,32,33,34,35)/b8-5+/t22-,27?/m1/s1. The lowest BCUT2D eigenvalue weighted by atomic mass is 10.2. The van der Waals surface area contributed by atoms with Crippen LogP contribution in [-0.2, 0) is 0 Å². The summed E-state index contributed by atoms with van der Waals surface area (Å²) >= 11 is 0. The molecule has 6 rings (SSSR count). The van der Waals surface area contributed by atoms with E-state index in [9.17, 15) is 5.11 Å². The van der Waals surface area contributed by atoms with Crippen LogP contribution in [0.3, 0.4) is 0 Å². The minimum absolute atomic E-state index is 0.177. The van der Waals surface area contributed by atoms with E-state index in [1.54, 1.807) is 6.20 Å². The molecule has 2 aromatic carbocycles. The molecule has 0 spiro atoms. The Bertz CT molecular complexity index is 1400. The van der Waals surface area contributed by atoms with Crippen LogP contribution in [0.4, 0.5) is 17.2 Å². The maximum Gasteiger partial charge on any atom is 0.159 e. The topological polar surface area (TPSA) is 102 Å². The first kappa shape index (κ1) is 25.4. The number of nitrogens with one attached hydrogen (secondary N) is 3. The summed E-state index contributed by atoms with van der Waals surface area (Å²) in [7, 11) is 2.14. The third-order valence-corrected chi connectivity index (χ3v) is 7.38. The predicted molar refractivity (Wildman–Crippen MR) is 155 cm³/mol. The smallest absolute Gasteiger partial charge is 0.159 e. The van der Waals surface area contributed by atoms with Gasteiger partial charge in [0.1, 0.15) is 17.7 Å². The summed E-state index contributed by atoms with van der Waals surface area (Å²) in [5.41, 5.74) is 2.55. The molecule has 0 amide bonds. The Labute approximate surface area is 228 Å². The van der Waals surface area contributed by atoms with Crippen LogP contribution in [-0.4, -0.2) is 75.1 Å². The molecule has 0 bridgehead atoms. The van der Waals surface area contributed by atoms with Crippen molar-refractivity contribution in [2.24, 2.45) is 0 Å². The van der Waals surface area contributed by atoms with Gasteiger partial charge in [-0.15, -0.1) is 0 Å². The molecule has 9 nitrogen and oxygen atoms in total. The number of aliphatic hydroxyl groups excluding tert-OH is 1. The van der Waals surface area contributed by atoms with E-state index >= 15 is 0 Å². The number of nitrogens with zero attached hydrogens (tertiary/aromatic N) is 4. The Kier molecular flexibility index (Phi) is 7.44. The van der Waals surface area contributed by atoms with Gasteiger partial charge in [0.25, 0.3) is 0 Å². The van der Waals surface area contributed by atoms with Gasteiger partial charge in [-0.1, -0.05) is 24.3 Å². The molecule has 2 atom stereocenters. The van der Waals surface area contributed by atoms with Crippen molar-refractivity contribution >= 4 is 28.2 Å². The van der Waals surface area contributed by atoms with E-state index in [1.807, 2.05) is 66.7 Å². The number of aliphatic hydroxyl groups is 1. The number of para-hydroxylation sites is 1. The Morgan fingerprint density at radius 2 is 1.90 bits per heavy atom. The summed E-state index contributed by atoms with van der Waals surface area (Å²) < 4.78 is 5.91. The number of hydrogen-bond acceptors (Lipinski definition) is 8. The second-order valence-electron chi connectivity index (χ2n) is 10.4. The van der Waals surface area contributed by atoms with Gasteiger partial charge in [0.05, 0.1) is 11.1 Å². The van der Waals surface area contributed by atoms with Gasteiger partial charge in [-0.05, 0) is 74.9 Å². The molecule has 0 radical (unpaired) electrons. The lowest BCUT2D eigenvalue weighted by Gasteiger charge is -2.21. The van der Waals surface area contributed by atoms with Crippen LogP contribution in [0.25, 0.3) is 11.0 Å². The zero-order valence-corrected chi connectivity index (χ0v) is 22.1. The number of likely N-dealkylation sites (N-methyl/N-ethyl adjacent to an activating group) is 1. The van der Waals surface area contributed by atoms with Gasteiger partial charge < -0.3 is 20.5 Å². The van der Waals surface area contributed by atoms with Crippen molar-refractivity contribution in [3.05, 3.63) is 79.0 Å². The zero-order valence-electron chi connectivity index (χ0n) is 22.1. The van der Waals surface area contributed by atoms with Gasteiger partial charge in [0.15, 0.2) is 11.5 Å². The maximum atomic E-state index is 10.7. The van der Waals surface area contributed by atoms with Crippen LogP contribution in [0.5, 0.6) is 11.5 Å². The third-order valence-electron chi connectivity index (χ3n) is 7.38. The Morgan fingerprint density at radius 3 is 2.69 bits per heavy atom. The molecule has 202 valence electrons. The monoisotopic (exact) mass is 525 g/mol. The molecule has 1 saturated carbocycles. The highest BCUT2D eigenvalue weighted by molar-refractivity contribution is 5.99. The van der Waals surface area contributed by atoms with Crippen LogP contribution < -0.4 is 15.4 Å². The van der Waals surface area contributed by atoms with Crippen molar-refractivity contribution in [2.45, 2.75) is 37.6 Å². The normalized spacial score (nSPS) is 18.7. The number of ether oxygens (including phenoxy) is 1. The summed E-state index contributed by atoms with van der Waals surface area (Å²) in [4.78, 5) is 8.90. The maximum absolute atomic E-state index is 10.7. The van der Waals surface area contributed by atoms with E-state index in [0.29, 0.717) is 5.65 Å². The summed E-state index contributed by atoms with van der Waals surface area (Å²) in [5.74, 6) is 2.33. The van der Waals surface area contributed by atoms with Crippen molar-refractivity contribution in [1.82, 2.24) is 25.0 Å². The molecule has 2 fully saturated rings. The number of hydrogen-bond donors (Lipinski definition) is 4. The molecule has 2 aliphatic rings. The SMILES string of the molecule is CN(C/C=C/C(O)N1CC[C@@H](Nc2n[nH]c3nccc(Nc4ccc(Oc5ccccc5)cc4)c23)C1)C1CC1. The van der Waals surface area contributed by atoms with Crippen LogP contribution in [0, 0.1) is 0 Å². The van der Waals surface area contributed by atoms with Gasteiger partial charge in [-0.3, -0.25) is 14.9 Å². The Hall–Kier alpha value is -3.92. The first-order chi connectivity index (χ1) is 19.1. The number of benzene rings is 2. The number of anilines is 3. The quantitative estimate of drug-likeness (QED) is 0.204. The third kappa shape index (κ3) is 6.22. The van der Waals surface area contributed by atoms with Gasteiger partial charge in [0, 0.05) is 43.6 Å². The molecule has 1 aliphatic heterocycles. The fraction of sp³-hybridized carbons (Fsp3) is 0.333. The highest BCUT2D eigenvalue weighted by atomic mass is 16.5. The second-order valence-corrected chi connectivity index (χ2v) is 10.4. The van der Waals surface area contributed by atoms with Gasteiger partial charge in [0.2, 0.25) is 0 Å². The van der Waals surface area contributed by atoms with E-state index < -0.39 is 6.23 Å². The summed E-state index contributed by atoms with van der Waals surface area (Å²) in [6.07, 6.45) is 8.68. The van der Waals surface area contributed by atoms with E-state index in [-0.39, 0.29) is 6.04 Å². The van der Waals surface area contributed by atoms with Crippen LogP contribution in [0.15, 0.2) is 79.0 Å². The fourth-order valence-corrected chi connectivity index (χ4v) is 5.02. The average molecular weight is 526 g/mol. The van der Waals surface area contributed by atoms with Crippen LogP contribution in [0.2, 0.25) is 0 Å². The molecular formula is C30H35N7O2. The van der Waals surface area contributed by atoms with E-state index in [2.05, 4.69) is 48.7 Å². The molecule has 2 aromatic heterocycles. The number of aromatic amines is 1. The number of rotatable bonds is 11. The summed E-state index contributed by atoms with van der Waals surface area (Å²) in [5, 5.41) is 26.2. The van der Waals surface area contributed by atoms with Crippen molar-refractivity contribution in [1.29, 1.82) is 0 Å². The molecular weight excluding hydrogens is 490 g/mol. The largest absolute Gasteiger partial charge is 0.457 e. The van der Waals surface area contributed by atoms with Gasteiger partial charge in [-0.25, -0.2) is 4.98 Å². The van der Waals surface area contributed by atoms with Crippen molar-refractivity contribution < 1.29 is 9.84 Å². The molecule has 39 heavy (non-hydrogen) atoms. The number of H-pyrrole nitrogens is 1. The first-order valence-corrected chi connectivity index (χ1v) is 13.6. The highest BCUT2D eigenvalue weighted by Gasteiger charge is 2.28. The van der Waals surface area contributed by atoms with Gasteiger partial charge in [-0.2, -0.15) is 5.10 Å². The molecule has 9 heteroatoms. The van der Waals surface area contributed by atoms with Gasteiger partial charge >= 0.3 is 0 Å². The van der Waals surface area contributed by atoms with Crippen molar-refractivity contribution in [2.75, 3.05) is 37.3 Å². The first-order valence-electron chi connectivity index (χ1n) is 13.6. The lowest BCUT2D eigenvalue weighted by Crippen LogP contribution is -2.34. The van der Waals surface area contributed by atoms with Crippen molar-refractivity contribution in [3.63, 3.8) is 0 Å². The summed E-state index contributed by atoms with van der Waals surface area (Å²) in [6.45, 7) is 2.44. The lowest BCUT2D eigenvalue weighted by molar-refractivity contribution is 0.0603. The average Bonchev–Trinajstić information content (AvgIpc) is 3.57. The minimum Gasteiger partial charge on any atom is -0.457 e. The van der Waals surface area contributed by atoms with E-state index in [4.69, 9.17) is 4.74 Å². The molecule has 1 saturated heterocycles. The second kappa shape index (κ2) is 11.4. The molecule has 3 heterocycles. The molecule has 1 unspecified atom stereocenters. The minimum atomic E-state index is -0.576.